The van der Waals surface area contributed by atoms with E-state index in [1.807, 2.05) is 31.2 Å². The molecule has 0 fully saturated rings. The molecular formula is C27H23BrN2O2S. The van der Waals surface area contributed by atoms with E-state index >= 15 is 0 Å². The van der Waals surface area contributed by atoms with Gasteiger partial charge in [0, 0.05) is 5.56 Å². The van der Waals surface area contributed by atoms with Crippen LogP contribution in [0.2, 0.25) is 0 Å². The molecule has 0 aliphatic carbocycles. The zero-order valence-corrected chi connectivity index (χ0v) is 20.5. The van der Waals surface area contributed by atoms with E-state index in [-0.39, 0.29) is 5.37 Å². The number of thioether (sulfide) groups is 1. The molecule has 4 aromatic carbocycles. The van der Waals surface area contributed by atoms with Crippen LogP contribution >= 0.6 is 27.7 Å². The van der Waals surface area contributed by atoms with Crippen LogP contribution in [-0.4, -0.2) is 11.7 Å². The zero-order chi connectivity index (χ0) is 22.6. The average molecular weight is 519 g/mol. The van der Waals surface area contributed by atoms with Crippen molar-refractivity contribution in [3.05, 3.63) is 106 Å². The first-order chi connectivity index (χ1) is 16.2. The highest BCUT2D eigenvalue weighted by Gasteiger charge is 2.24. The van der Waals surface area contributed by atoms with Gasteiger partial charge in [0.1, 0.15) is 17.0 Å². The highest BCUT2D eigenvalue weighted by atomic mass is 79.9. The Bertz CT molecular complexity index is 1310. The van der Waals surface area contributed by atoms with E-state index in [4.69, 9.17) is 9.47 Å². The lowest BCUT2D eigenvalue weighted by Crippen LogP contribution is -2.08. The molecule has 0 saturated carbocycles. The number of halogens is 1. The molecule has 1 heterocycles. The minimum Gasteiger partial charge on any atom is -0.490 e. The van der Waals surface area contributed by atoms with Crippen LogP contribution in [0.4, 0.5) is 0 Å². The Morgan fingerprint density at radius 2 is 1.70 bits per heavy atom. The molecule has 4 aromatic rings. The Morgan fingerprint density at radius 1 is 0.909 bits per heavy atom. The molecule has 166 valence electrons. The van der Waals surface area contributed by atoms with E-state index in [0.717, 1.165) is 32.0 Å². The van der Waals surface area contributed by atoms with Crippen molar-refractivity contribution >= 4 is 43.5 Å². The maximum Gasteiger partial charge on any atom is 0.175 e. The molecule has 0 saturated heterocycles. The lowest BCUT2D eigenvalue weighted by Gasteiger charge is -2.18. The summed E-state index contributed by atoms with van der Waals surface area (Å²) in [4.78, 5) is 0. The highest BCUT2D eigenvalue weighted by Crippen LogP contribution is 2.42. The van der Waals surface area contributed by atoms with Crippen LogP contribution in [0.25, 0.3) is 10.8 Å². The van der Waals surface area contributed by atoms with Gasteiger partial charge in [0.2, 0.25) is 0 Å². The predicted octanol–water partition coefficient (Wildman–Crippen LogP) is 7.28. The molecule has 0 radical (unpaired) electrons. The van der Waals surface area contributed by atoms with Gasteiger partial charge in [-0.05, 0) is 63.0 Å². The molecule has 6 heteroatoms. The van der Waals surface area contributed by atoms with Crippen molar-refractivity contribution in [2.24, 2.45) is 5.10 Å². The second kappa shape index (κ2) is 9.89. The summed E-state index contributed by atoms with van der Waals surface area (Å²) in [6.45, 7) is 2.99. The van der Waals surface area contributed by atoms with Crippen molar-refractivity contribution in [2.75, 3.05) is 6.61 Å². The first-order valence-corrected chi connectivity index (χ1v) is 12.5. The first-order valence-electron chi connectivity index (χ1n) is 10.8. The molecule has 1 atom stereocenters. The van der Waals surface area contributed by atoms with Gasteiger partial charge in [-0.2, -0.15) is 5.10 Å². The molecule has 1 aliphatic heterocycles. The number of hydrazone groups is 1. The van der Waals surface area contributed by atoms with E-state index in [2.05, 4.69) is 87.1 Å². The number of hydrogen-bond acceptors (Lipinski definition) is 5. The molecule has 0 aromatic heterocycles. The first kappa shape index (κ1) is 21.9. The van der Waals surface area contributed by atoms with E-state index in [1.165, 1.54) is 10.8 Å². The average Bonchev–Trinajstić information content (AvgIpc) is 3.34. The van der Waals surface area contributed by atoms with Crippen LogP contribution < -0.4 is 14.9 Å². The minimum absolute atomic E-state index is 0.00486. The van der Waals surface area contributed by atoms with E-state index in [0.29, 0.717) is 19.0 Å². The second-order valence-corrected chi connectivity index (χ2v) is 9.59. The maximum atomic E-state index is 6.24. The van der Waals surface area contributed by atoms with Gasteiger partial charge < -0.3 is 9.47 Å². The minimum atomic E-state index is 0.00486. The van der Waals surface area contributed by atoms with Crippen LogP contribution in [0.3, 0.4) is 0 Å². The molecule has 0 spiro atoms. The quantitative estimate of drug-likeness (QED) is 0.279. The molecule has 1 N–H and O–H groups in total. The summed E-state index contributed by atoms with van der Waals surface area (Å²) in [6, 6.07) is 29.1. The normalized spacial score (nSPS) is 15.2. The van der Waals surface area contributed by atoms with Gasteiger partial charge in [0.15, 0.2) is 11.5 Å². The molecule has 33 heavy (non-hydrogen) atoms. The van der Waals surface area contributed by atoms with Gasteiger partial charge in [-0.1, -0.05) is 78.5 Å². The van der Waals surface area contributed by atoms with Gasteiger partial charge in [-0.25, -0.2) is 0 Å². The van der Waals surface area contributed by atoms with Crippen molar-refractivity contribution in [1.29, 1.82) is 0 Å². The van der Waals surface area contributed by atoms with Crippen molar-refractivity contribution in [3.8, 4) is 11.5 Å². The van der Waals surface area contributed by atoms with Crippen LogP contribution in [0.5, 0.6) is 11.5 Å². The number of benzene rings is 4. The standard InChI is InChI=1S/C27H23BrN2O2S/c1-2-31-24-16-22(27-30-29-26(33-27)20-9-4-3-5-10-20)15-23(28)25(24)32-17-18-12-13-19-8-6-7-11-21(19)14-18/h3-16,27,30H,2,17H2,1H3/t27-/m1/s1. The number of rotatable bonds is 7. The number of nitrogens with zero attached hydrogens (tertiary/aromatic N) is 1. The molecular weight excluding hydrogens is 496 g/mol. The molecule has 1 aliphatic rings. The Balaban J connectivity index is 1.35. The monoisotopic (exact) mass is 518 g/mol. The van der Waals surface area contributed by atoms with Crippen LogP contribution in [0.1, 0.15) is 29.0 Å². The van der Waals surface area contributed by atoms with Crippen LogP contribution in [0, 0.1) is 0 Å². The number of ether oxygens (including phenoxy) is 2. The third kappa shape index (κ3) is 4.87. The predicted molar refractivity (Wildman–Crippen MR) is 140 cm³/mol. The van der Waals surface area contributed by atoms with E-state index in [9.17, 15) is 0 Å². The Hall–Kier alpha value is -2.96. The lowest BCUT2D eigenvalue weighted by atomic mass is 10.1. The lowest BCUT2D eigenvalue weighted by molar-refractivity contribution is 0.267. The smallest absolute Gasteiger partial charge is 0.175 e. The fraction of sp³-hybridized carbons (Fsp3) is 0.148. The summed E-state index contributed by atoms with van der Waals surface area (Å²) < 4.78 is 13.1. The van der Waals surface area contributed by atoms with Gasteiger partial charge in [-0.3, -0.25) is 5.43 Å². The Morgan fingerprint density at radius 3 is 2.52 bits per heavy atom. The second-order valence-electron chi connectivity index (χ2n) is 7.64. The summed E-state index contributed by atoms with van der Waals surface area (Å²) >= 11 is 5.40. The molecule has 0 bridgehead atoms. The fourth-order valence-electron chi connectivity index (χ4n) is 3.76. The van der Waals surface area contributed by atoms with Gasteiger partial charge >= 0.3 is 0 Å². The number of fused-ring (bicyclic) bond motifs is 1. The topological polar surface area (TPSA) is 42.8 Å². The third-order valence-electron chi connectivity index (χ3n) is 5.37. The number of hydrogen-bond donors (Lipinski definition) is 1. The maximum absolute atomic E-state index is 6.24. The summed E-state index contributed by atoms with van der Waals surface area (Å²) in [5, 5.41) is 7.95. The third-order valence-corrected chi connectivity index (χ3v) is 7.12. The molecule has 4 nitrogen and oxygen atoms in total. The van der Waals surface area contributed by atoms with Gasteiger partial charge in [-0.15, -0.1) is 0 Å². The van der Waals surface area contributed by atoms with E-state index < -0.39 is 0 Å². The fourth-order valence-corrected chi connectivity index (χ4v) is 5.32. The van der Waals surface area contributed by atoms with E-state index in [1.54, 1.807) is 11.8 Å². The summed E-state index contributed by atoms with van der Waals surface area (Å²) in [5.74, 6) is 1.43. The Labute approximate surface area is 206 Å². The van der Waals surface area contributed by atoms with Crippen molar-refractivity contribution < 1.29 is 9.47 Å². The summed E-state index contributed by atoms with van der Waals surface area (Å²) in [7, 11) is 0. The van der Waals surface area contributed by atoms with Crippen LogP contribution in [0.15, 0.2) is 94.5 Å². The van der Waals surface area contributed by atoms with Crippen LogP contribution in [-0.2, 0) is 6.61 Å². The largest absolute Gasteiger partial charge is 0.490 e. The SMILES string of the molecule is CCOc1cc([C@@H]2NN=C(c3ccccc3)S2)cc(Br)c1OCc1ccc2ccccc2c1. The molecule has 5 rings (SSSR count). The number of nitrogens with one attached hydrogen (secondary N) is 1. The molecule has 0 unspecified atom stereocenters. The van der Waals surface area contributed by atoms with Gasteiger partial charge in [0.05, 0.1) is 11.1 Å². The Kier molecular flexibility index (Phi) is 6.55. The molecule has 0 amide bonds. The van der Waals surface area contributed by atoms with Crippen molar-refractivity contribution in [3.63, 3.8) is 0 Å². The zero-order valence-electron chi connectivity index (χ0n) is 18.1. The summed E-state index contributed by atoms with van der Waals surface area (Å²) in [5.41, 5.74) is 6.54. The van der Waals surface area contributed by atoms with Crippen molar-refractivity contribution in [2.45, 2.75) is 18.9 Å². The summed E-state index contributed by atoms with van der Waals surface area (Å²) in [6.07, 6.45) is 0. The van der Waals surface area contributed by atoms with Gasteiger partial charge in [0.25, 0.3) is 0 Å². The van der Waals surface area contributed by atoms with Crippen molar-refractivity contribution in [1.82, 2.24) is 5.43 Å². The highest BCUT2D eigenvalue weighted by molar-refractivity contribution is 9.10.